The summed E-state index contributed by atoms with van der Waals surface area (Å²) in [6.07, 6.45) is 0. The number of fused-ring (bicyclic) bond motifs is 2. The third-order valence-corrected chi connectivity index (χ3v) is 4.04. The highest BCUT2D eigenvalue weighted by atomic mass is 32.1. The number of nitrogens with zero attached hydrogens (tertiary/aromatic N) is 4. The number of aromatic nitrogens is 4. The van der Waals surface area contributed by atoms with Crippen molar-refractivity contribution in [3.05, 3.63) is 47.5 Å². The standard InChI is InChI=1S/C14H8N4O2S/c19-14(20)8-1-4-12-11(5-8)16-17-18(12)9-2-3-10-13(6-9)21-7-15-10/h1-7H,(H,19,20). The molecular formula is C14H8N4O2S. The first-order valence-electron chi connectivity index (χ1n) is 6.15. The number of carboxylic acids is 1. The number of carboxylic acid groups (broad SMARTS) is 1. The lowest BCUT2D eigenvalue weighted by atomic mass is 10.2. The van der Waals surface area contributed by atoms with Gasteiger partial charge in [-0.05, 0) is 36.4 Å². The van der Waals surface area contributed by atoms with Crippen LogP contribution in [-0.4, -0.2) is 31.1 Å². The molecule has 0 aliphatic carbocycles. The van der Waals surface area contributed by atoms with Crippen molar-refractivity contribution in [2.45, 2.75) is 0 Å². The average molecular weight is 296 g/mol. The van der Waals surface area contributed by atoms with E-state index in [9.17, 15) is 4.79 Å². The van der Waals surface area contributed by atoms with E-state index >= 15 is 0 Å². The molecule has 0 bridgehead atoms. The van der Waals surface area contributed by atoms with Crippen LogP contribution in [0.15, 0.2) is 41.9 Å². The maximum Gasteiger partial charge on any atom is 0.335 e. The van der Waals surface area contributed by atoms with Gasteiger partial charge in [-0.3, -0.25) is 0 Å². The Morgan fingerprint density at radius 2 is 2.05 bits per heavy atom. The van der Waals surface area contributed by atoms with E-state index in [4.69, 9.17) is 5.11 Å². The number of benzene rings is 2. The molecule has 0 fully saturated rings. The molecule has 0 aliphatic heterocycles. The van der Waals surface area contributed by atoms with Gasteiger partial charge in [0.15, 0.2) is 0 Å². The molecule has 0 spiro atoms. The Bertz CT molecular complexity index is 989. The summed E-state index contributed by atoms with van der Waals surface area (Å²) in [5.74, 6) is -0.975. The molecule has 0 unspecified atom stereocenters. The summed E-state index contributed by atoms with van der Waals surface area (Å²) in [5, 5.41) is 17.2. The van der Waals surface area contributed by atoms with Gasteiger partial charge in [0.2, 0.25) is 0 Å². The molecule has 0 radical (unpaired) electrons. The van der Waals surface area contributed by atoms with E-state index in [-0.39, 0.29) is 5.56 Å². The van der Waals surface area contributed by atoms with Crippen molar-refractivity contribution in [3.63, 3.8) is 0 Å². The lowest BCUT2D eigenvalue weighted by Gasteiger charge is -2.02. The minimum absolute atomic E-state index is 0.201. The molecule has 4 rings (SSSR count). The third kappa shape index (κ3) is 1.86. The Kier molecular flexibility index (Phi) is 2.48. The summed E-state index contributed by atoms with van der Waals surface area (Å²) in [6.45, 7) is 0. The van der Waals surface area contributed by atoms with Crippen LogP contribution in [0.5, 0.6) is 0 Å². The second kappa shape index (κ2) is 4.35. The smallest absolute Gasteiger partial charge is 0.335 e. The van der Waals surface area contributed by atoms with Gasteiger partial charge in [-0.25, -0.2) is 14.5 Å². The molecular weight excluding hydrogens is 288 g/mol. The van der Waals surface area contributed by atoms with Crippen LogP contribution in [0.4, 0.5) is 0 Å². The number of hydrogen-bond donors (Lipinski definition) is 1. The predicted octanol–water partition coefficient (Wildman–Crippen LogP) is 2.73. The first-order chi connectivity index (χ1) is 10.2. The van der Waals surface area contributed by atoms with Gasteiger partial charge in [-0.1, -0.05) is 5.21 Å². The van der Waals surface area contributed by atoms with Crippen LogP contribution in [0.2, 0.25) is 0 Å². The molecule has 21 heavy (non-hydrogen) atoms. The van der Waals surface area contributed by atoms with Gasteiger partial charge in [0.1, 0.15) is 5.52 Å². The van der Waals surface area contributed by atoms with Crippen molar-refractivity contribution in [1.82, 2.24) is 20.0 Å². The molecule has 7 heteroatoms. The highest BCUT2D eigenvalue weighted by Crippen LogP contribution is 2.23. The average Bonchev–Trinajstić information content (AvgIpc) is 3.12. The largest absolute Gasteiger partial charge is 0.478 e. The van der Waals surface area contributed by atoms with Crippen molar-refractivity contribution in [2.75, 3.05) is 0 Å². The van der Waals surface area contributed by atoms with E-state index in [0.717, 1.165) is 21.4 Å². The maximum atomic E-state index is 11.0. The maximum absolute atomic E-state index is 11.0. The minimum Gasteiger partial charge on any atom is -0.478 e. The lowest BCUT2D eigenvalue weighted by Crippen LogP contribution is -1.97. The molecule has 6 nitrogen and oxygen atoms in total. The Balaban J connectivity index is 1.91. The van der Waals surface area contributed by atoms with Crippen LogP contribution in [0.3, 0.4) is 0 Å². The van der Waals surface area contributed by atoms with Crippen molar-refractivity contribution in [1.29, 1.82) is 0 Å². The van der Waals surface area contributed by atoms with Crippen molar-refractivity contribution < 1.29 is 9.90 Å². The zero-order valence-corrected chi connectivity index (χ0v) is 11.4. The monoisotopic (exact) mass is 296 g/mol. The first-order valence-corrected chi connectivity index (χ1v) is 7.03. The highest BCUT2D eigenvalue weighted by Gasteiger charge is 2.11. The number of hydrogen-bond acceptors (Lipinski definition) is 5. The van der Waals surface area contributed by atoms with E-state index in [1.54, 1.807) is 33.7 Å². The zero-order valence-electron chi connectivity index (χ0n) is 10.6. The molecule has 0 aliphatic rings. The van der Waals surface area contributed by atoms with Crippen LogP contribution >= 0.6 is 11.3 Å². The van der Waals surface area contributed by atoms with E-state index in [1.807, 2.05) is 18.2 Å². The first kappa shape index (κ1) is 12.0. The normalized spacial score (nSPS) is 11.2. The van der Waals surface area contributed by atoms with E-state index in [0.29, 0.717) is 5.52 Å². The van der Waals surface area contributed by atoms with Gasteiger partial charge in [-0.2, -0.15) is 0 Å². The molecule has 0 amide bonds. The van der Waals surface area contributed by atoms with Crippen LogP contribution in [0.1, 0.15) is 10.4 Å². The summed E-state index contributed by atoms with van der Waals surface area (Å²) in [7, 11) is 0. The van der Waals surface area contributed by atoms with Crippen LogP contribution in [-0.2, 0) is 0 Å². The quantitative estimate of drug-likeness (QED) is 0.615. The minimum atomic E-state index is -0.975. The summed E-state index contributed by atoms with van der Waals surface area (Å²) >= 11 is 1.56. The van der Waals surface area contributed by atoms with Gasteiger partial charge >= 0.3 is 5.97 Å². The fourth-order valence-electron chi connectivity index (χ4n) is 2.22. The number of carbonyl (C=O) groups is 1. The second-order valence-electron chi connectivity index (χ2n) is 4.51. The Labute approximate surface area is 122 Å². The van der Waals surface area contributed by atoms with Crippen LogP contribution < -0.4 is 0 Å². The Morgan fingerprint density at radius 3 is 2.90 bits per heavy atom. The molecule has 2 heterocycles. The number of thiazole rings is 1. The van der Waals surface area contributed by atoms with Gasteiger partial charge in [0, 0.05) is 0 Å². The highest BCUT2D eigenvalue weighted by molar-refractivity contribution is 7.16. The van der Waals surface area contributed by atoms with Crippen LogP contribution in [0.25, 0.3) is 26.9 Å². The molecule has 2 aromatic heterocycles. The Hall–Kier alpha value is -2.80. The van der Waals surface area contributed by atoms with E-state index in [1.165, 1.54) is 6.07 Å². The number of rotatable bonds is 2. The Morgan fingerprint density at radius 1 is 1.14 bits per heavy atom. The molecule has 4 aromatic rings. The molecule has 0 atom stereocenters. The van der Waals surface area contributed by atoms with Gasteiger partial charge in [0.05, 0.1) is 32.5 Å². The van der Waals surface area contributed by atoms with Crippen LogP contribution in [0, 0.1) is 0 Å². The van der Waals surface area contributed by atoms with Crippen molar-refractivity contribution in [3.8, 4) is 5.69 Å². The van der Waals surface area contributed by atoms with Gasteiger partial charge < -0.3 is 5.11 Å². The third-order valence-electron chi connectivity index (χ3n) is 3.25. The molecule has 0 saturated heterocycles. The zero-order chi connectivity index (χ0) is 14.4. The fourth-order valence-corrected chi connectivity index (χ4v) is 2.93. The van der Waals surface area contributed by atoms with Gasteiger partial charge in [-0.15, -0.1) is 16.4 Å². The van der Waals surface area contributed by atoms with E-state index in [2.05, 4.69) is 15.3 Å². The fraction of sp³-hybridized carbons (Fsp3) is 0. The van der Waals surface area contributed by atoms with E-state index < -0.39 is 5.97 Å². The summed E-state index contributed by atoms with van der Waals surface area (Å²) in [4.78, 5) is 15.2. The molecule has 0 saturated carbocycles. The van der Waals surface area contributed by atoms with Crippen molar-refractivity contribution >= 4 is 38.6 Å². The summed E-state index contributed by atoms with van der Waals surface area (Å²) in [6, 6.07) is 10.6. The SMILES string of the molecule is O=C(O)c1ccc2c(c1)nnn2-c1ccc2ncsc2c1. The van der Waals surface area contributed by atoms with Gasteiger partial charge in [0.25, 0.3) is 0 Å². The lowest BCUT2D eigenvalue weighted by molar-refractivity contribution is 0.0697. The second-order valence-corrected chi connectivity index (χ2v) is 5.40. The topological polar surface area (TPSA) is 80.9 Å². The number of aromatic carboxylic acids is 1. The summed E-state index contributed by atoms with van der Waals surface area (Å²) < 4.78 is 2.76. The van der Waals surface area contributed by atoms with Crippen molar-refractivity contribution in [2.24, 2.45) is 0 Å². The molecule has 2 aromatic carbocycles. The predicted molar refractivity (Wildman–Crippen MR) is 79.0 cm³/mol. The molecule has 1 N–H and O–H groups in total. The summed E-state index contributed by atoms with van der Waals surface area (Å²) in [5.41, 5.74) is 5.14. The molecule has 102 valence electrons.